The van der Waals surface area contributed by atoms with Crippen molar-refractivity contribution in [1.29, 1.82) is 0 Å². The maximum absolute atomic E-state index is 2.48. The number of hydrogen-bond donors (Lipinski definition) is 0. The van der Waals surface area contributed by atoms with Crippen LogP contribution in [-0.2, 0) is 0 Å². The van der Waals surface area contributed by atoms with Crippen molar-refractivity contribution in [3.05, 3.63) is 121 Å². The van der Waals surface area contributed by atoms with E-state index in [4.69, 9.17) is 0 Å². The Morgan fingerprint density at radius 1 is 0.310 bits per heavy atom. The Labute approximate surface area is 256 Å². The Morgan fingerprint density at radius 2 is 0.548 bits per heavy atom. The molecule has 0 aliphatic carbocycles. The van der Waals surface area contributed by atoms with Gasteiger partial charge >= 0.3 is 257 Å². The summed E-state index contributed by atoms with van der Waals surface area (Å²) < 4.78 is 0. The van der Waals surface area contributed by atoms with Crippen LogP contribution in [0, 0.1) is 0 Å². The SMILES string of the molecule is c1ccc(P2(CCCCCCCCP3(c4ccccc4)(c4ccccc4)CCCC3)(c3ccccc3)CCCC2)cc1. The van der Waals surface area contributed by atoms with Crippen LogP contribution in [-0.4, -0.2) is 37.0 Å². The van der Waals surface area contributed by atoms with Gasteiger partial charge in [-0.1, -0.05) is 0 Å². The first kappa shape index (κ1) is 29.8. The van der Waals surface area contributed by atoms with Crippen LogP contribution < -0.4 is 21.2 Å². The Hall–Kier alpha value is -2.26. The fourth-order valence-corrected chi connectivity index (χ4v) is 24.2. The van der Waals surface area contributed by atoms with Gasteiger partial charge < -0.3 is 0 Å². The molecule has 2 aliphatic rings. The molecular formula is C40H52P2. The maximum atomic E-state index is 2.48. The van der Waals surface area contributed by atoms with Crippen molar-refractivity contribution in [3.63, 3.8) is 0 Å². The monoisotopic (exact) mass is 594 g/mol. The fraction of sp³-hybridized carbons (Fsp3) is 0.400. The number of unbranched alkanes of at least 4 members (excludes halogenated alkanes) is 5. The first-order valence-electron chi connectivity index (χ1n) is 16.9. The predicted octanol–water partition coefficient (Wildman–Crippen LogP) is 9.32. The van der Waals surface area contributed by atoms with Gasteiger partial charge in [0.05, 0.1) is 0 Å². The average Bonchev–Trinajstić information content (AvgIpc) is 3.73. The summed E-state index contributed by atoms with van der Waals surface area (Å²) in [6.45, 7) is -4.25. The molecule has 6 rings (SSSR count). The molecule has 2 fully saturated rings. The van der Waals surface area contributed by atoms with E-state index in [2.05, 4.69) is 121 Å². The normalized spacial score (nSPS) is 21.9. The molecule has 0 atom stereocenters. The van der Waals surface area contributed by atoms with Crippen LogP contribution in [0.3, 0.4) is 0 Å². The second-order valence-electron chi connectivity index (χ2n) is 13.7. The van der Waals surface area contributed by atoms with Gasteiger partial charge in [0.2, 0.25) is 0 Å². The molecule has 2 heteroatoms. The third-order valence-corrected chi connectivity index (χ3v) is 26.7. The topological polar surface area (TPSA) is 0 Å². The predicted molar refractivity (Wildman–Crippen MR) is 194 cm³/mol. The van der Waals surface area contributed by atoms with E-state index in [1.165, 1.54) is 101 Å². The third-order valence-electron chi connectivity index (χ3n) is 11.7. The van der Waals surface area contributed by atoms with E-state index in [0.717, 1.165) is 0 Å². The van der Waals surface area contributed by atoms with Crippen LogP contribution in [0.15, 0.2) is 121 Å². The Morgan fingerprint density at radius 3 is 0.810 bits per heavy atom. The van der Waals surface area contributed by atoms with Gasteiger partial charge in [0, 0.05) is 0 Å². The summed E-state index contributed by atoms with van der Waals surface area (Å²) in [6.07, 6.45) is 22.4. The van der Waals surface area contributed by atoms with E-state index < -0.39 is 13.2 Å². The second kappa shape index (κ2) is 12.8. The number of hydrogen-bond acceptors (Lipinski definition) is 0. The Kier molecular flexibility index (Phi) is 9.06. The fourth-order valence-electron chi connectivity index (χ4n) is 9.46. The van der Waals surface area contributed by atoms with Crippen molar-refractivity contribution < 1.29 is 0 Å². The second-order valence-corrected chi connectivity index (χ2v) is 25.4. The zero-order valence-electron chi connectivity index (χ0n) is 25.8. The van der Waals surface area contributed by atoms with Crippen LogP contribution >= 0.6 is 13.2 Å². The molecule has 0 radical (unpaired) electrons. The van der Waals surface area contributed by atoms with Gasteiger partial charge in [-0.15, -0.1) is 0 Å². The van der Waals surface area contributed by atoms with Gasteiger partial charge in [0.25, 0.3) is 0 Å². The van der Waals surface area contributed by atoms with E-state index in [-0.39, 0.29) is 0 Å². The summed E-state index contributed by atoms with van der Waals surface area (Å²) in [5.41, 5.74) is 0. The van der Waals surface area contributed by atoms with Gasteiger partial charge in [0.1, 0.15) is 0 Å². The van der Waals surface area contributed by atoms with Crippen molar-refractivity contribution in [3.8, 4) is 0 Å². The van der Waals surface area contributed by atoms with Crippen LogP contribution in [0.25, 0.3) is 0 Å². The molecule has 4 aromatic rings. The number of benzene rings is 4. The van der Waals surface area contributed by atoms with Crippen molar-refractivity contribution in [2.24, 2.45) is 0 Å². The van der Waals surface area contributed by atoms with Gasteiger partial charge in [-0.2, -0.15) is 0 Å². The molecule has 0 amide bonds. The summed E-state index contributed by atoms with van der Waals surface area (Å²) in [7, 11) is 0. The molecule has 4 aromatic carbocycles. The first-order valence-corrected chi connectivity index (χ1v) is 22.5. The summed E-state index contributed by atoms with van der Waals surface area (Å²) >= 11 is 0. The molecule has 42 heavy (non-hydrogen) atoms. The van der Waals surface area contributed by atoms with Crippen LogP contribution in [0.5, 0.6) is 0 Å². The summed E-state index contributed by atoms with van der Waals surface area (Å²) in [4.78, 5) is 0. The molecule has 0 nitrogen and oxygen atoms in total. The van der Waals surface area contributed by atoms with Crippen LogP contribution in [0.1, 0.15) is 64.2 Å². The van der Waals surface area contributed by atoms with E-state index in [1.807, 2.05) is 0 Å². The molecule has 222 valence electrons. The van der Waals surface area contributed by atoms with Gasteiger partial charge in [-0.3, -0.25) is 0 Å². The van der Waals surface area contributed by atoms with Gasteiger partial charge in [-0.05, 0) is 0 Å². The molecule has 0 bridgehead atoms. The molecular weight excluding hydrogens is 542 g/mol. The summed E-state index contributed by atoms with van der Waals surface area (Å²) in [5.74, 6) is 0. The van der Waals surface area contributed by atoms with Crippen LogP contribution in [0.4, 0.5) is 0 Å². The van der Waals surface area contributed by atoms with Crippen molar-refractivity contribution >= 4 is 34.4 Å². The Bertz CT molecular complexity index is 1190. The average molecular weight is 595 g/mol. The third kappa shape index (κ3) is 5.23. The standard InChI is InChI=1S/C40H52P2/c1(3-17-31-41(33-19-20-34-41,37-23-9-5-10-24-37)38-25-11-6-12-26-38)2-4-18-32-42(35-21-22-36-42,39-27-13-7-14-28-39)40-29-15-8-16-30-40/h5-16,23-30H,1-4,17-22,31-36H2. The summed E-state index contributed by atoms with van der Waals surface area (Å²) in [6, 6.07) is 47.0. The zero-order chi connectivity index (χ0) is 28.7. The Balaban J connectivity index is 1.10. The van der Waals surface area contributed by atoms with Crippen molar-refractivity contribution in [1.82, 2.24) is 0 Å². The molecule has 0 N–H and O–H groups in total. The number of rotatable bonds is 13. The molecule has 2 saturated heterocycles. The molecule has 2 aliphatic heterocycles. The van der Waals surface area contributed by atoms with Gasteiger partial charge in [-0.25, -0.2) is 0 Å². The molecule has 2 heterocycles. The van der Waals surface area contributed by atoms with E-state index in [9.17, 15) is 0 Å². The van der Waals surface area contributed by atoms with Crippen molar-refractivity contribution in [2.75, 3.05) is 37.0 Å². The molecule has 0 unspecified atom stereocenters. The zero-order valence-corrected chi connectivity index (χ0v) is 27.5. The molecule has 0 spiro atoms. The van der Waals surface area contributed by atoms with Crippen molar-refractivity contribution in [2.45, 2.75) is 64.2 Å². The quantitative estimate of drug-likeness (QED) is 0.107. The van der Waals surface area contributed by atoms with Crippen LogP contribution in [0.2, 0.25) is 0 Å². The molecule has 0 aromatic heterocycles. The minimum atomic E-state index is -2.12. The van der Waals surface area contributed by atoms with E-state index >= 15 is 0 Å². The molecule has 0 saturated carbocycles. The first-order chi connectivity index (χ1) is 20.7. The minimum absolute atomic E-state index is 1.38. The van der Waals surface area contributed by atoms with E-state index in [1.54, 1.807) is 21.2 Å². The van der Waals surface area contributed by atoms with Gasteiger partial charge in [0.15, 0.2) is 0 Å². The summed E-state index contributed by atoms with van der Waals surface area (Å²) in [5, 5.41) is 6.74. The van der Waals surface area contributed by atoms with E-state index in [0.29, 0.717) is 0 Å².